The number of rotatable bonds is 3. The van der Waals surface area contributed by atoms with E-state index in [9.17, 15) is 4.79 Å². The molecule has 1 aromatic rings. The van der Waals surface area contributed by atoms with Gasteiger partial charge in [-0.25, -0.2) is 0 Å². The molecule has 1 atom stereocenters. The maximum atomic E-state index is 10.8. The number of carbonyl (C=O) groups is 1. The van der Waals surface area contributed by atoms with E-state index in [1.807, 2.05) is 37.4 Å². The maximum Gasteiger partial charge on any atom is 0.218 e. The van der Waals surface area contributed by atoms with E-state index < -0.39 is 0 Å². The normalized spacial score (nSPS) is 12.2. The zero-order valence-electron chi connectivity index (χ0n) is 7.87. The number of benzene rings is 1. The maximum absolute atomic E-state index is 10.8. The SMILES string of the molecule is CNC(NC(C)=O)c1ccccc1. The third kappa shape index (κ3) is 2.87. The van der Waals surface area contributed by atoms with Crippen molar-refractivity contribution in [3.05, 3.63) is 35.9 Å². The van der Waals surface area contributed by atoms with Crippen LogP contribution in [-0.2, 0) is 4.79 Å². The highest BCUT2D eigenvalue weighted by molar-refractivity contribution is 5.73. The lowest BCUT2D eigenvalue weighted by molar-refractivity contribution is -0.119. The van der Waals surface area contributed by atoms with Crippen molar-refractivity contribution in [1.82, 2.24) is 10.6 Å². The number of amides is 1. The van der Waals surface area contributed by atoms with Crippen molar-refractivity contribution in [3.63, 3.8) is 0 Å². The molecule has 0 saturated heterocycles. The first-order valence-corrected chi connectivity index (χ1v) is 4.23. The molecule has 2 N–H and O–H groups in total. The van der Waals surface area contributed by atoms with Gasteiger partial charge in [0.2, 0.25) is 5.91 Å². The van der Waals surface area contributed by atoms with Gasteiger partial charge in [-0.15, -0.1) is 0 Å². The molecular formula is C10H14N2O. The third-order valence-corrected chi connectivity index (χ3v) is 1.77. The van der Waals surface area contributed by atoms with Gasteiger partial charge < -0.3 is 5.32 Å². The molecule has 0 bridgehead atoms. The summed E-state index contributed by atoms with van der Waals surface area (Å²) in [5, 5.41) is 5.81. The Morgan fingerprint density at radius 3 is 2.38 bits per heavy atom. The minimum atomic E-state index is -0.0984. The highest BCUT2D eigenvalue weighted by Crippen LogP contribution is 2.07. The van der Waals surface area contributed by atoms with Gasteiger partial charge in [0.15, 0.2) is 0 Å². The van der Waals surface area contributed by atoms with E-state index in [2.05, 4.69) is 10.6 Å². The number of nitrogens with one attached hydrogen (secondary N) is 2. The third-order valence-electron chi connectivity index (χ3n) is 1.77. The Morgan fingerprint density at radius 1 is 1.31 bits per heavy atom. The van der Waals surface area contributed by atoms with Crippen molar-refractivity contribution in [3.8, 4) is 0 Å². The Balaban J connectivity index is 2.73. The second-order valence-electron chi connectivity index (χ2n) is 2.83. The smallest absolute Gasteiger partial charge is 0.218 e. The van der Waals surface area contributed by atoms with Crippen LogP contribution in [0.1, 0.15) is 18.7 Å². The molecule has 1 unspecified atom stereocenters. The molecule has 0 aliphatic rings. The van der Waals surface area contributed by atoms with Crippen molar-refractivity contribution < 1.29 is 4.79 Å². The summed E-state index contributed by atoms with van der Waals surface area (Å²) >= 11 is 0. The van der Waals surface area contributed by atoms with Crippen LogP contribution in [0.3, 0.4) is 0 Å². The monoisotopic (exact) mass is 178 g/mol. The van der Waals surface area contributed by atoms with Gasteiger partial charge in [0, 0.05) is 6.92 Å². The van der Waals surface area contributed by atoms with Crippen molar-refractivity contribution in [2.75, 3.05) is 7.05 Å². The molecule has 13 heavy (non-hydrogen) atoms. The molecule has 0 radical (unpaired) electrons. The lowest BCUT2D eigenvalue weighted by atomic mass is 10.2. The highest BCUT2D eigenvalue weighted by Gasteiger charge is 2.07. The topological polar surface area (TPSA) is 41.1 Å². The molecule has 1 aromatic carbocycles. The standard InChI is InChI=1S/C10H14N2O/c1-8(13)12-10(11-2)9-6-4-3-5-7-9/h3-7,10-11H,1-2H3,(H,12,13). The first-order chi connectivity index (χ1) is 6.24. The second-order valence-corrected chi connectivity index (χ2v) is 2.83. The predicted molar refractivity (Wildman–Crippen MR) is 52.1 cm³/mol. The fourth-order valence-corrected chi connectivity index (χ4v) is 1.17. The molecular weight excluding hydrogens is 164 g/mol. The zero-order valence-corrected chi connectivity index (χ0v) is 7.87. The lowest BCUT2D eigenvalue weighted by Crippen LogP contribution is -2.34. The molecule has 1 amide bonds. The summed E-state index contributed by atoms with van der Waals surface area (Å²) in [6.45, 7) is 1.51. The Morgan fingerprint density at radius 2 is 1.92 bits per heavy atom. The van der Waals surface area contributed by atoms with Gasteiger partial charge in [0.25, 0.3) is 0 Å². The fourth-order valence-electron chi connectivity index (χ4n) is 1.17. The minimum absolute atomic E-state index is 0.0387. The van der Waals surface area contributed by atoms with E-state index in [1.165, 1.54) is 6.92 Å². The molecule has 0 spiro atoms. The molecule has 3 nitrogen and oxygen atoms in total. The number of hydrogen-bond acceptors (Lipinski definition) is 2. The van der Waals surface area contributed by atoms with Gasteiger partial charge in [-0.05, 0) is 12.6 Å². The largest absolute Gasteiger partial charge is 0.337 e. The number of carbonyl (C=O) groups excluding carboxylic acids is 1. The molecule has 0 saturated carbocycles. The molecule has 0 aromatic heterocycles. The van der Waals surface area contributed by atoms with Gasteiger partial charge in [0.1, 0.15) is 6.17 Å². The molecule has 0 heterocycles. The summed E-state index contributed by atoms with van der Waals surface area (Å²) in [7, 11) is 1.81. The van der Waals surface area contributed by atoms with Crippen molar-refractivity contribution in [2.24, 2.45) is 0 Å². The molecule has 0 aliphatic heterocycles. The predicted octanol–water partition coefficient (Wildman–Crippen LogP) is 1.04. The first kappa shape index (κ1) is 9.74. The van der Waals surface area contributed by atoms with Crippen LogP contribution in [0.4, 0.5) is 0 Å². The summed E-state index contributed by atoms with van der Waals surface area (Å²) in [6, 6.07) is 9.78. The van der Waals surface area contributed by atoms with E-state index in [0.29, 0.717) is 0 Å². The highest BCUT2D eigenvalue weighted by atomic mass is 16.1. The average molecular weight is 178 g/mol. The van der Waals surface area contributed by atoms with Gasteiger partial charge in [-0.2, -0.15) is 0 Å². The Bertz CT molecular complexity index is 272. The fraction of sp³-hybridized carbons (Fsp3) is 0.300. The van der Waals surface area contributed by atoms with Crippen LogP contribution in [0.15, 0.2) is 30.3 Å². The van der Waals surface area contributed by atoms with Gasteiger partial charge in [0.05, 0.1) is 0 Å². The van der Waals surface area contributed by atoms with Crippen molar-refractivity contribution in [1.29, 1.82) is 0 Å². The van der Waals surface area contributed by atoms with Crippen LogP contribution in [0, 0.1) is 0 Å². The van der Waals surface area contributed by atoms with Gasteiger partial charge in [-0.1, -0.05) is 30.3 Å². The van der Waals surface area contributed by atoms with Gasteiger partial charge >= 0.3 is 0 Å². The van der Waals surface area contributed by atoms with E-state index >= 15 is 0 Å². The Labute approximate surface area is 78.2 Å². The summed E-state index contributed by atoms with van der Waals surface area (Å²) in [5.74, 6) is -0.0387. The van der Waals surface area contributed by atoms with Crippen LogP contribution in [0.25, 0.3) is 0 Å². The number of hydrogen-bond donors (Lipinski definition) is 2. The van der Waals surface area contributed by atoms with E-state index in [1.54, 1.807) is 0 Å². The van der Waals surface area contributed by atoms with E-state index in [0.717, 1.165) is 5.56 Å². The molecule has 0 aliphatic carbocycles. The quantitative estimate of drug-likeness (QED) is 0.679. The van der Waals surface area contributed by atoms with Crippen LogP contribution in [-0.4, -0.2) is 13.0 Å². The molecule has 70 valence electrons. The Kier molecular flexibility index (Phi) is 3.46. The van der Waals surface area contributed by atoms with Crippen LogP contribution in [0.2, 0.25) is 0 Å². The summed E-state index contributed by atoms with van der Waals surface area (Å²) in [6.07, 6.45) is -0.0984. The minimum Gasteiger partial charge on any atom is -0.337 e. The molecule has 0 fully saturated rings. The van der Waals surface area contributed by atoms with Crippen molar-refractivity contribution in [2.45, 2.75) is 13.1 Å². The molecule has 1 rings (SSSR count). The second kappa shape index (κ2) is 4.62. The van der Waals surface area contributed by atoms with Crippen LogP contribution in [0.5, 0.6) is 0 Å². The first-order valence-electron chi connectivity index (χ1n) is 4.23. The van der Waals surface area contributed by atoms with Crippen LogP contribution < -0.4 is 10.6 Å². The summed E-state index contributed by atoms with van der Waals surface area (Å²) in [4.78, 5) is 10.8. The zero-order chi connectivity index (χ0) is 9.68. The summed E-state index contributed by atoms with van der Waals surface area (Å²) in [5.41, 5.74) is 1.06. The Hall–Kier alpha value is -1.35. The average Bonchev–Trinajstić information content (AvgIpc) is 2.15. The summed E-state index contributed by atoms with van der Waals surface area (Å²) < 4.78 is 0. The van der Waals surface area contributed by atoms with Gasteiger partial charge in [-0.3, -0.25) is 10.1 Å². The lowest BCUT2D eigenvalue weighted by Gasteiger charge is -2.16. The molecule has 3 heteroatoms. The van der Waals surface area contributed by atoms with Crippen LogP contribution >= 0.6 is 0 Å². The van der Waals surface area contributed by atoms with Crippen molar-refractivity contribution >= 4 is 5.91 Å². The van der Waals surface area contributed by atoms with E-state index in [4.69, 9.17) is 0 Å². The van der Waals surface area contributed by atoms with E-state index in [-0.39, 0.29) is 12.1 Å².